The molecule has 1 heterocycles. The average molecular weight is 188 g/mol. The summed E-state index contributed by atoms with van der Waals surface area (Å²) in [6.07, 6.45) is 2.78. The van der Waals surface area contributed by atoms with Gasteiger partial charge in [-0.3, -0.25) is 4.79 Å². The van der Waals surface area contributed by atoms with Crippen molar-refractivity contribution in [2.75, 3.05) is 13.1 Å². The fraction of sp³-hybridized carbons (Fsp3) is 0.889. The first-order valence-electron chi connectivity index (χ1n) is 4.74. The first-order valence-corrected chi connectivity index (χ1v) is 4.74. The minimum Gasteiger partial charge on any atom is -0.480 e. The van der Waals surface area contributed by atoms with Crippen molar-refractivity contribution >= 4 is 5.97 Å². The molecule has 1 aliphatic heterocycles. The number of aliphatic carboxylic acids is 1. The second kappa shape index (κ2) is 6.86. The van der Waals surface area contributed by atoms with Gasteiger partial charge in [0.05, 0.1) is 0 Å². The Labute approximate surface area is 79.5 Å². The summed E-state index contributed by atoms with van der Waals surface area (Å²) >= 11 is 0. The molecule has 0 amide bonds. The average Bonchev–Trinajstić information content (AvgIpc) is 2.59. The molecule has 4 heteroatoms. The molecule has 1 fully saturated rings. The second-order valence-corrected chi connectivity index (χ2v) is 3.57. The zero-order valence-electron chi connectivity index (χ0n) is 8.42. The number of carboxylic acid groups (broad SMARTS) is 1. The van der Waals surface area contributed by atoms with Crippen LogP contribution in [0.3, 0.4) is 0 Å². The van der Waals surface area contributed by atoms with E-state index in [0.29, 0.717) is 0 Å². The van der Waals surface area contributed by atoms with Gasteiger partial charge in [0.25, 0.3) is 0 Å². The van der Waals surface area contributed by atoms with Crippen molar-refractivity contribution in [1.29, 1.82) is 0 Å². The van der Waals surface area contributed by atoms with Crippen LogP contribution in [-0.4, -0.2) is 30.2 Å². The second-order valence-electron chi connectivity index (χ2n) is 3.57. The Morgan fingerprint density at radius 3 is 1.92 bits per heavy atom. The molecule has 0 aromatic rings. The number of nitrogens with two attached hydrogens (primary N) is 1. The van der Waals surface area contributed by atoms with Gasteiger partial charge in [0.2, 0.25) is 0 Å². The fourth-order valence-electron chi connectivity index (χ4n) is 0.910. The van der Waals surface area contributed by atoms with Gasteiger partial charge in [-0.05, 0) is 31.8 Å². The quantitative estimate of drug-likeness (QED) is 0.587. The highest BCUT2D eigenvalue weighted by molar-refractivity contribution is 5.73. The molecule has 0 aromatic carbocycles. The van der Waals surface area contributed by atoms with Crippen molar-refractivity contribution in [2.45, 2.75) is 32.7 Å². The summed E-state index contributed by atoms with van der Waals surface area (Å²) < 4.78 is 0. The van der Waals surface area contributed by atoms with Gasteiger partial charge < -0.3 is 16.2 Å². The van der Waals surface area contributed by atoms with E-state index in [-0.39, 0.29) is 5.92 Å². The van der Waals surface area contributed by atoms with Crippen LogP contribution >= 0.6 is 0 Å². The summed E-state index contributed by atoms with van der Waals surface area (Å²) in [7, 11) is 0. The highest BCUT2D eigenvalue weighted by Crippen LogP contribution is 1.96. The highest BCUT2D eigenvalue weighted by Gasteiger charge is 2.14. The van der Waals surface area contributed by atoms with Gasteiger partial charge in [-0.1, -0.05) is 13.8 Å². The van der Waals surface area contributed by atoms with Crippen molar-refractivity contribution in [3.05, 3.63) is 0 Å². The van der Waals surface area contributed by atoms with Gasteiger partial charge in [0.15, 0.2) is 0 Å². The van der Waals surface area contributed by atoms with E-state index >= 15 is 0 Å². The van der Waals surface area contributed by atoms with Crippen LogP contribution in [0.4, 0.5) is 0 Å². The van der Waals surface area contributed by atoms with Crippen molar-refractivity contribution in [2.24, 2.45) is 11.7 Å². The maximum absolute atomic E-state index is 10.0. The smallest absolute Gasteiger partial charge is 0.320 e. The topological polar surface area (TPSA) is 75.3 Å². The van der Waals surface area contributed by atoms with Crippen molar-refractivity contribution < 1.29 is 9.90 Å². The molecule has 4 nitrogen and oxygen atoms in total. The van der Waals surface area contributed by atoms with E-state index in [0.717, 1.165) is 0 Å². The summed E-state index contributed by atoms with van der Waals surface area (Å²) in [5.41, 5.74) is 5.16. The lowest BCUT2D eigenvalue weighted by molar-refractivity contribution is -0.139. The molecule has 0 bridgehead atoms. The van der Waals surface area contributed by atoms with Crippen molar-refractivity contribution in [1.82, 2.24) is 5.32 Å². The van der Waals surface area contributed by atoms with Crippen LogP contribution in [0.1, 0.15) is 26.7 Å². The Hall–Kier alpha value is -0.610. The van der Waals surface area contributed by atoms with Crippen molar-refractivity contribution in [3.8, 4) is 0 Å². The monoisotopic (exact) mass is 188 g/mol. The van der Waals surface area contributed by atoms with Crippen LogP contribution in [0.25, 0.3) is 0 Å². The van der Waals surface area contributed by atoms with Crippen molar-refractivity contribution in [3.63, 3.8) is 0 Å². The van der Waals surface area contributed by atoms with Crippen LogP contribution in [0.5, 0.6) is 0 Å². The van der Waals surface area contributed by atoms with Gasteiger partial charge in [-0.25, -0.2) is 0 Å². The standard InChI is InChI=1S/C5H11NO2.C4H9N/c1-3(2)4(6)5(7)8;1-2-4-5-3-1/h3-4H,6H2,1-2H3,(H,7,8);5H,1-4H2. The Kier molecular flexibility index (Phi) is 6.54. The molecule has 1 rings (SSSR count). The van der Waals surface area contributed by atoms with Gasteiger partial charge >= 0.3 is 5.97 Å². The van der Waals surface area contributed by atoms with Gasteiger partial charge in [-0.15, -0.1) is 0 Å². The van der Waals surface area contributed by atoms with Crippen LogP contribution in [-0.2, 0) is 4.79 Å². The third kappa shape index (κ3) is 6.54. The lowest BCUT2D eigenvalue weighted by Crippen LogP contribution is -2.34. The summed E-state index contributed by atoms with van der Waals surface area (Å²) in [5, 5.41) is 11.4. The largest absolute Gasteiger partial charge is 0.480 e. The maximum Gasteiger partial charge on any atom is 0.320 e. The van der Waals surface area contributed by atoms with E-state index in [1.54, 1.807) is 13.8 Å². The van der Waals surface area contributed by atoms with E-state index in [9.17, 15) is 4.79 Å². The number of carboxylic acids is 1. The Balaban J connectivity index is 0.000000243. The number of hydrogen-bond donors (Lipinski definition) is 3. The fourth-order valence-corrected chi connectivity index (χ4v) is 0.910. The highest BCUT2D eigenvalue weighted by atomic mass is 16.4. The van der Waals surface area contributed by atoms with E-state index in [1.807, 2.05) is 0 Å². The lowest BCUT2D eigenvalue weighted by Gasteiger charge is -2.07. The Morgan fingerprint density at radius 1 is 1.38 bits per heavy atom. The summed E-state index contributed by atoms with van der Waals surface area (Å²) in [5.74, 6) is -0.910. The van der Waals surface area contributed by atoms with Crippen LogP contribution < -0.4 is 11.1 Å². The Bertz CT molecular complexity index is 137. The van der Waals surface area contributed by atoms with Crippen LogP contribution in [0.2, 0.25) is 0 Å². The first kappa shape index (κ1) is 12.4. The van der Waals surface area contributed by atoms with E-state index in [4.69, 9.17) is 10.8 Å². The summed E-state index contributed by atoms with van der Waals surface area (Å²) in [4.78, 5) is 10.0. The molecule has 1 saturated heterocycles. The Morgan fingerprint density at radius 2 is 1.85 bits per heavy atom. The SMILES string of the molecule is C1CCNC1.CC(C)C(N)C(=O)O. The molecule has 4 N–H and O–H groups in total. The number of rotatable bonds is 2. The summed E-state index contributed by atoms with van der Waals surface area (Å²) in [6, 6.07) is -0.713. The van der Waals surface area contributed by atoms with Gasteiger partial charge in [0.1, 0.15) is 6.04 Å². The third-order valence-corrected chi connectivity index (χ3v) is 1.96. The maximum atomic E-state index is 10.0. The predicted octanol–water partition coefficient (Wildman–Crippen LogP) is 0.424. The molecule has 0 aromatic heterocycles. The molecule has 0 radical (unpaired) electrons. The number of hydrogen-bond acceptors (Lipinski definition) is 3. The summed E-state index contributed by atoms with van der Waals surface area (Å²) in [6.45, 7) is 6.05. The van der Waals surface area contributed by atoms with E-state index in [1.165, 1.54) is 25.9 Å². The molecular weight excluding hydrogens is 168 g/mol. The predicted molar refractivity (Wildman–Crippen MR) is 52.6 cm³/mol. The molecular formula is C9H20N2O2. The minimum absolute atomic E-state index is 0.0208. The molecule has 1 atom stereocenters. The molecule has 1 unspecified atom stereocenters. The van der Waals surface area contributed by atoms with E-state index in [2.05, 4.69) is 5.32 Å². The molecule has 0 aliphatic carbocycles. The number of carbonyl (C=O) groups is 1. The molecule has 1 aliphatic rings. The van der Waals surface area contributed by atoms with Crippen LogP contribution in [0, 0.1) is 5.92 Å². The van der Waals surface area contributed by atoms with Gasteiger partial charge in [-0.2, -0.15) is 0 Å². The minimum atomic E-state index is -0.931. The van der Waals surface area contributed by atoms with Gasteiger partial charge in [0, 0.05) is 0 Å². The zero-order chi connectivity index (χ0) is 10.3. The number of nitrogens with one attached hydrogen (secondary N) is 1. The molecule has 0 spiro atoms. The molecule has 0 saturated carbocycles. The normalized spacial score (nSPS) is 17.8. The van der Waals surface area contributed by atoms with Crippen LogP contribution in [0.15, 0.2) is 0 Å². The molecule has 13 heavy (non-hydrogen) atoms. The van der Waals surface area contributed by atoms with E-state index < -0.39 is 12.0 Å². The zero-order valence-corrected chi connectivity index (χ0v) is 8.42. The molecule has 78 valence electrons. The third-order valence-electron chi connectivity index (χ3n) is 1.96. The lowest BCUT2D eigenvalue weighted by atomic mass is 10.1. The first-order chi connectivity index (χ1) is 6.05.